The molecule has 1 unspecified atom stereocenters. The van der Waals surface area contributed by atoms with Crippen LogP contribution in [0.3, 0.4) is 0 Å². The zero-order chi connectivity index (χ0) is 15.3. The van der Waals surface area contributed by atoms with E-state index in [-0.39, 0.29) is 0 Å². The highest BCUT2D eigenvalue weighted by Gasteiger charge is 2.40. The standard InChI is InChI=1S/C17H16F3N/c1-16(11-21(2)15-9-4-3-8-14(15)16)12-6-5-7-13(10-12)17(18,19)20/h3-10H,11H2,1-2H3. The van der Waals surface area contributed by atoms with Gasteiger partial charge in [-0.15, -0.1) is 0 Å². The summed E-state index contributed by atoms with van der Waals surface area (Å²) in [6, 6.07) is 13.6. The van der Waals surface area contributed by atoms with Gasteiger partial charge in [-0.25, -0.2) is 0 Å². The van der Waals surface area contributed by atoms with Crippen LogP contribution in [0.15, 0.2) is 48.5 Å². The van der Waals surface area contributed by atoms with E-state index in [0.29, 0.717) is 12.1 Å². The minimum absolute atomic E-state index is 0.424. The maximum absolute atomic E-state index is 12.9. The van der Waals surface area contributed by atoms with E-state index in [2.05, 4.69) is 4.90 Å². The van der Waals surface area contributed by atoms with Crippen LogP contribution in [-0.2, 0) is 11.6 Å². The third-order valence-electron chi connectivity index (χ3n) is 4.29. The van der Waals surface area contributed by atoms with Crippen LogP contribution in [0.4, 0.5) is 18.9 Å². The number of rotatable bonds is 1. The molecule has 1 aliphatic heterocycles. The Balaban J connectivity index is 2.13. The van der Waals surface area contributed by atoms with Crippen molar-refractivity contribution >= 4 is 5.69 Å². The first-order valence-electron chi connectivity index (χ1n) is 6.81. The number of hydrogen-bond donors (Lipinski definition) is 0. The lowest BCUT2D eigenvalue weighted by Crippen LogP contribution is -2.30. The van der Waals surface area contributed by atoms with Crippen molar-refractivity contribution in [2.75, 3.05) is 18.5 Å². The van der Waals surface area contributed by atoms with Crippen LogP contribution >= 0.6 is 0 Å². The molecule has 1 heterocycles. The summed E-state index contributed by atoms with van der Waals surface area (Å²) in [6.07, 6.45) is -4.31. The summed E-state index contributed by atoms with van der Waals surface area (Å²) in [6.45, 7) is 2.68. The second kappa shape index (κ2) is 4.52. The van der Waals surface area contributed by atoms with Crippen LogP contribution in [0, 0.1) is 0 Å². The zero-order valence-corrected chi connectivity index (χ0v) is 11.9. The third kappa shape index (κ3) is 2.19. The van der Waals surface area contributed by atoms with Gasteiger partial charge < -0.3 is 4.90 Å². The first kappa shape index (κ1) is 14.0. The number of nitrogens with zero attached hydrogens (tertiary/aromatic N) is 1. The summed E-state index contributed by atoms with van der Waals surface area (Å²) in [7, 11) is 1.97. The number of para-hydroxylation sites is 1. The zero-order valence-electron chi connectivity index (χ0n) is 11.9. The maximum atomic E-state index is 12.9. The van der Waals surface area contributed by atoms with Gasteiger partial charge in [0.2, 0.25) is 0 Å². The number of benzene rings is 2. The van der Waals surface area contributed by atoms with Gasteiger partial charge in [-0.3, -0.25) is 0 Å². The van der Waals surface area contributed by atoms with Crippen molar-refractivity contribution in [1.82, 2.24) is 0 Å². The van der Waals surface area contributed by atoms with Crippen LogP contribution in [-0.4, -0.2) is 13.6 Å². The van der Waals surface area contributed by atoms with Crippen molar-refractivity contribution in [2.24, 2.45) is 0 Å². The topological polar surface area (TPSA) is 3.24 Å². The molecule has 4 heteroatoms. The summed E-state index contributed by atoms with van der Waals surface area (Å²) >= 11 is 0. The fraction of sp³-hybridized carbons (Fsp3) is 0.294. The molecule has 0 amide bonds. The highest BCUT2D eigenvalue weighted by molar-refractivity contribution is 5.65. The molecule has 21 heavy (non-hydrogen) atoms. The second-order valence-electron chi connectivity index (χ2n) is 5.78. The summed E-state index contributed by atoms with van der Waals surface area (Å²) in [5.74, 6) is 0. The van der Waals surface area contributed by atoms with Crippen LogP contribution in [0.2, 0.25) is 0 Å². The van der Waals surface area contributed by atoms with E-state index in [0.717, 1.165) is 17.3 Å². The van der Waals surface area contributed by atoms with Crippen LogP contribution in [0.1, 0.15) is 23.6 Å². The Morgan fingerprint density at radius 2 is 1.76 bits per heavy atom. The van der Waals surface area contributed by atoms with Crippen molar-refractivity contribution in [3.63, 3.8) is 0 Å². The Labute approximate surface area is 122 Å². The van der Waals surface area contributed by atoms with Gasteiger partial charge in [0.15, 0.2) is 0 Å². The molecule has 0 saturated carbocycles. The monoisotopic (exact) mass is 291 g/mol. The van der Waals surface area contributed by atoms with Crippen molar-refractivity contribution < 1.29 is 13.2 Å². The minimum Gasteiger partial charge on any atom is -0.373 e. The summed E-state index contributed by atoms with van der Waals surface area (Å²) < 4.78 is 38.8. The predicted octanol–water partition coefficient (Wildman–Crippen LogP) is 4.46. The van der Waals surface area contributed by atoms with Crippen molar-refractivity contribution in [2.45, 2.75) is 18.5 Å². The molecule has 110 valence electrons. The molecule has 1 nitrogen and oxygen atoms in total. The van der Waals surface area contributed by atoms with Gasteiger partial charge in [0.05, 0.1) is 5.56 Å². The third-order valence-corrected chi connectivity index (χ3v) is 4.29. The van der Waals surface area contributed by atoms with Gasteiger partial charge in [0.25, 0.3) is 0 Å². The maximum Gasteiger partial charge on any atom is 0.416 e. The summed E-state index contributed by atoms with van der Waals surface area (Å²) in [4.78, 5) is 2.09. The molecular formula is C17H16F3N. The molecule has 0 fully saturated rings. The lowest BCUT2D eigenvalue weighted by Gasteiger charge is -2.26. The van der Waals surface area contributed by atoms with Gasteiger partial charge in [-0.2, -0.15) is 13.2 Å². The minimum atomic E-state index is -4.31. The van der Waals surface area contributed by atoms with Gasteiger partial charge in [-0.05, 0) is 30.2 Å². The van der Waals surface area contributed by atoms with Crippen LogP contribution < -0.4 is 4.90 Å². The summed E-state index contributed by atoms with van der Waals surface area (Å²) in [5.41, 5.74) is 1.85. The molecule has 0 aliphatic carbocycles. The van der Waals surface area contributed by atoms with E-state index in [1.165, 1.54) is 12.1 Å². The predicted molar refractivity (Wildman–Crippen MR) is 77.6 cm³/mol. The van der Waals surface area contributed by atoms with Gasteiger partial charge >= 0.3 is 6.18 Å². The van der Waals surface area contributed by atoms with Crippen LogP contribution in [0.25, 0.3) is 0 Å². The number of likely N-dealkylation sites (N-methyl/N-ethyl adjacent to an activating group) is 1. The normalized spacial score (nSPS) is 21.5. The Morgan fingerprint density at radius 3 is 2.48 bits per heavy atom. The molecule has 3 rings (SSSR count). The van der Waals surface area contributed by atoms with E-state index in [9.17, 15) is 13.2 Å². The fourth-order valence-corrected chi connectivity index (χ4v) is 3.20. The average Bonchev–Trinajstić information content (AvgIpc) is 2.72. The molecule has 2 aromatic rings. The Kier molecular flexibility index (Phi) is 3.01. The molecule has 1 atom stereocenters. The van der Waals surface area contributed by atoms with Gasteiger partial charge in [-0.1, -0.05) is 36.4 Å². The van der Waals surface area contributed by atoms with E-state index in [4.69, 9.17) is 0 Å². The van der Waals surface area contributed by atoms with Gasteiger partial charge in [0, 0.05) is 24.7 Å². The van der Waals surface area contributed by atoms with Gasteiger partial charge in [0.1, 0.15) is 0 Å². The highest BCUT2D eigenvalue weighted by atomic mass is 19.4. The SMILES string of the molecule is CN1CC(C)(c2cccc(C(F)(F)F)c2)c2ccccc21. The molecule has 0 saturated heterocycles. The lowest BCUT2D eigenvalue weighted by molar-refractivity contribution is -0.137. The van der Waals surface area contributed by atoms with Crippen molar-refractivity contribution in [3.05, 3.63) is 65.2 Å². The molecule has 2 aromatic carbocycles. The van der Waals surface area contributed by atoms with E-state index in [1.807, 2.05) is 38.2 Å². The van der Waals surface area contributed by atoms with Crippen LogP contribution in [0.5, 0.6) is 0 Å². The number of anilines is 1. The largest absolute Gasteiger partial charge is 0.416 e. The summed E-state index contributed by atoms with van der Waals surface area (Å²) in [5, 5.41) is 0. The van der Waals surface area contributed by atoms with Crippen molar-refractivity contribution in [1.29, 1.82) is 0 Å². The molecule has 0 N–H and O–H groups in total. The smallest absolute Gasteiger partial charge is 0.373 e. The average molecular weight is 291 g/mol. The number of alkyl halides is 3. The Bertz CT molecular complexity index is 678. The quantitative estimate of drug-likeness (QED) is 0.749. The highest BCUT2D eigenvalue weighted by Crippen LogP contribution is 2.45. The first-order valence-corrected chi connectivity index (χ1v) is 6.81. The van der Waals surface area contributed by atoms with E-state index in [1.54, 1.807) is 6.07 Å². The van der Waals surface area contributed by atoms with E-state index < -0.39 is 17.2 Å². The molecule has 0 aromatic heterocycles. The molecule has 0 bridgehead atoms. The number of hydrogen-bond acceptors (Lipinski definition) is 1. The second-order valence-corrected chi connectivity index (χ2v) is 5.78. The first-order chi connectivity index (χ1) is 9.82. The van der Waals surface area contributed by atoms with E-state index >= 15 is 0 Å². The molecule has 1 aliphatic rings. The molecule has 0 spiro atoms. The molecular weight excluding hydrogens is 275 g/mol. The lowest BCUT2D eigenvalue weighted by atomic mass is 9.77. The molecule has 0 radical (unpaired) electrons. The Morgan fingerprint density at radius 1 is 1.05 bits per heavy atom. The van der Waals surface area contributed by atoms with Crippen molar-refractivity contribution in [3.8, 4) is 0 Å². The number of halogens is 3. The fourth-order valence-electron chi connectivity index (χ4n) is 3.20. The Hall–Kier alpha value is -1.97. The number of fused-ring (bicyclic) bond motifs is 1.